The van der Waals surface area contributed by atoms with E-state index >= 15 is 0 Å². The van der Waals surface area contributed by atoms with E-state index in [1.807, 2.05) is 0 Å². The molecular weight excluding hydrogens is 296 g/mol. The number of H-pyrrole nitrogens is 1. The van der Waals surface area contributed by atoms with Crippen molar-refractivity contribution >= 4 is 16.7 Å². The molecule has 1 aliphatic heterocycles. The number of hydrogen-bond donors (Lipinski definition) is 1. The molecule has 7 nitrogen and oxygen atoms in total. The van der Waals surface area contributed by atoms with Gasteiger partial charge < -0.3 is 4.98 Å². The zero-order valence-electron chi connectivity index (χ0n) is 13.7. The third-order valence-electron chi connectivity index (χ3n) is 4.69. The minimum absolute atomic E-state index is 0.00606. The van der Waals surface area contributed by atoms with Crippen LogP contribution in [0.5, 0.6) is 0 Å². The Kier molecular flexibility index (Phi) is 3.75. The smallest absolute Gasteiger partial charge is 0.305 e. The molecule has 1 aromatic carbocycles. The first-order chi connectivity index (χ1) is 10.8. The summed E-state index contributed by atoms with van der Waals surface area (Å²) in [5.74, 6) is 0. The topological polar surface area (TPSA) is 84.2 Å². The highest BCUT2D eigenvalue weighted by Gasteiger charge is 2.29. The van der Waals surface area contributed by atoms with Gasteiger partial charge in [-0.1, -0.05) is 0 Å². The van der Waals surface area contributed by atoms with Gasteiger partial charge in [-0.05, 0) is 39.7 Å². The minimum Gasteiger partial charge on any atom is -0.305 e. The highest BCUT2D eigenvalue weighted by atomic mass is 16.6. The lowest BCUT2D eigenvalue weighted by molar-refractivity contribution is -0.384. The van der Waals surface area contributed by atoms with Gasteiger partial charge in [-0.15, -0.1) is 0 Å². The molecule has 1 N–H and O–H groups in total. The fourth-order valence-electron chi connectivity index (χ4n) is 3.39. The number of nitro benzene ring substituents is 1. The van der Waals surface area contributed by atoms with Gasteiger partial charge in [0.05, 0.1) is 16.0 Å². The van der Waals surface area contributed by atoms with Gasteiger partial charge in [0.2, 0.25) is 0 Å². The van der Waals surface area contributed by atoms with Crippen molar-refractivity contribution in [3.8, 4) is 0 Å². The average Bonchev–Trinajstić information content (AvgIpc) is 2.81. The molecule has 2 aromatic rings. The Morgan fingerprint density at radius 3 is 2.48 bits per heavy atom. The molecule has 7 heteroatoms. The number of non-ortho nitro benzene ring substituents is 1. The number of aromatic amines is 1. The fraction of sp³-hybridized carbons (Fsp3) is 0.562. The van der Waals surface area contributed by atoms with Crippen molar-refractivity contribution in [3.05, 3.63) is 38.8 Å². The molecule has 1 saturated heterocycles. The van der Waals surface area contributed by atoms with E-state index in [1.54, 1.807) is 10.6 Å². The van der Waals surface area contributed by atoms with Gasteiger partial charge in [-0.25, -0.2) is 4.79 Å². The Morgan fingerprint density at radius 2 is 1.91 bits per heavy atom. The number of fused-ring (bicyclic) bond motifs is 1. The highest BCUT2D eigenvalue weighted by Crippen LogP contribution is 2.29. The first kappa shape index (κ1) is 15.7. The quantitative estimate of drug-likeness (QED) is 0.681. The predicted octanol–water partition coefficient (Wildman–Crippen LogP) is 2.67. The lowest BCUT2D eigenvalue weighted by Crippen LogP contribution is -2.47. The maximum absolute atomic E-state index is 12.3. The molecule has 1 aliphatic rings. The summed E-state index contributed by atoms with van der Waals surface area (Å²) in [6.45, 7) is 8.49. The Hall–Kier alpha value is -2.15. The van der Waals surface area contributed by atoms with Gasteiger partial charge in [-0.2, -0.15) is 0 Å². The third-order valence-corrected chi connectivity index (χ3v) is 4.69. The van der Waals surface area contributed by atoms with E-state index in [2.05, 4.69) is 30.7 Å². The van der Waals surface area contributed by atoms with Crippen LogP contribution in [0.25, 0.3) is 11.0 Å². The van der Waals surface area contributed by atoms with E-state index in [-0.39, 0.29) is 23.0 Å². The van der Waals surface area contributed by atoms with Gasteiger partial charge in [0.15, 0.2) is 0 Å². The number of aromatic nitrogens is 2. The summed E-state index contributed by atoms with van der Waals surface area (Å²) in [5, 5.41) is 10.9. The number of likely N-dealkylation sites (tertiary alicyclic amines) is 1. The van der Waals surface area contributed by atoms with Crippen LogP contribution >= 0.6 is 0 Å². The summed E-state index contributed by atoms with van der Waals surface area (Å²) in [4.78, 5) is 27.9. The van der Waals surface area contributed by atoms with Crippen molar-refractivity contribution in [3.63, 3.8) is 0 Å². The lowest BCUT2D eigenvalue weighted by atomic mass is 9.98. The minimum atomic E-state index is -0.448. The van der Waals surface area contributed by atoms with Gasteiger partial charge in [0, 0.05) is 36.8 Å². The summed E-state index contributed by atoms with van der Waals surface area (Å²) in [5.41, 5.74) is 1.22. The fourth-order valence-corrected chi connectivity index (χ4v) is 3.39. The number of nitro groups is 1. The zero-order valence-corrected chi connectivity index (χ0v) is 13.7. The SMILES string of the molecule is CC(C)(C)N1CCC(n2c(=O)[nH]c3cc([N+](=O)[O-])ccc32)CC1. The van der Waals surface area contributed by atoms with Crippen LogP contribution in [0, 0.1) is 10.1 Å². The van der Waals surface area contributed by atoms with Gasteiger partial charge >= 0.3 is 5.69 Å². The van der Waals surface area contributed by atoms with E-state index in [9.17, 15) is 14.9 Å². The van der Waals surface area contributed by atoms with Crippen LogP contribution in [-0.4, -0.2) is 38.0 Å². The van der Waals surface area contributed by atoms with Crippen LogP contribution in [0.15, 0.2) is 23.0 Å². The van der Waals surface area contributed by atoms with Crippen molar-refractivity contribution < 1.29 is 4.92 Å². The average molecular weight is 318 g/mol. The summed E-state index contributed by atoms with van der Waals surface area (Å²) in [7, 11) is 0. The van der Waals surface area contributed by atoms with Gasteiger partial charge in [0.25, 0.3) is 5.69 Å². The Balaban J connectivity index is 1.91. The van der Waals surface area contributed by atoms with Crippen LogP contribution in [-0.2, 0) is 0 Å². The van der Waals surface area contributed by atoms with Crippen molar-refractivity contribution in [2.24, 2.45) is 0 Å². The molecule has 0 aliphatic carbocycles. The molecule has 23 heavy (non-hydrogen) atoms. The number of piperidine rings is 1. The van der Waals surface area contributed by atoms with Crippen molar-refractivity contribution in [1.82, 2.24) is 14.5 Å². The van der Waals surface area contributed by atoms with E-state index in [0.717, 1.165) is 31.4 Å². The predicted molar refractivity (Wildman–Crippen MR) is 88.8 cm³/mol. The second kappa shape index (κ2) is 5.49. The molecule has 0 radical (unpaired) electrons. The molecule has 0 saturated carbocycles. The van der Waals surface area contributed by atoms with E-state index in [4.69, 9.17) is 0 Å². The Labute approximate surface area is 134 Å². The molecule has 0 amide bonds. The number of hydrogen-bond acceptors (Lipinski definition) is 4. The summed E-state index contributed by atoms with van der Waals surface area (Å²) in [6, 6.07) is 4.69. The van der Waals surface area contributed by atoms with E-state index < -0.39 is 4.92 Å². The molecule has 3 rings (SSSR count). The van der Waals surface area contributed by atoms with Crippen LogP contribution in [0.3, 0.4) is 0 Å². The lowest BCUT2D eigenvalue weighted by Gasteiger charge is -2.41. The number of nitrogens with zero attached hydrogens (tertiary/aromatic N) is 3. The molecule has 1 fully saturated rings. The summed E-state index contributed by atoms with van der Waals surface area (Å²) in [6.07, 6.45) is 1.81. The van der Waals surface area contributed by atoms with Gasteiger partial charge in [0.1, 0.15) is 0 Å². The summed E-state index contributed by atoms with van der Waals surface area (Å²) >= 11 is 0. The maximum Gasteiger partial charge on any atom is 0.326 e. The molecule has 0 unspecified atom stereocenters. The van der Waals surface area contributed by atoms with E-state index in [1.165, 1.54) is 12.1 Å². The molecule has 0 atom stereocenters. The van der Waals surface area contributed by atoms with Crippen molar-refractivity contribution in [2.45, 2.75) is 45.2 Å². The van der Waals surface area contributed by atoms with Crippen molar-refractivity contribution in [1.29, 1.82) is 0 Å². The number of imidazole rings is 1. The van der Waals surface area contributed by atoms with Crippen LogP contribution in [0.2, 0.25) is 0 Å². The van der Waals surface area contributed by atoms with E-state index in [0.29, 0.717) is 5.52 Å². The third kappa shape index (κ3) is 2.88. The van der Waals surface area contributed by atoms with Gasteiger partial charge in [-0.3, -0.25) is 19.6 Å². The molecule has 2 heterocycles. The number of nitrogens with one attached hydrogen (secondary N) is 1. The standard InChI is InChI=1S/C16H22N4O3/c1-16(2,3)18-8-6-11(7-9-18)19-14-5-4-12(20(22)23)10-13(14)17-15(19)21/h4-5,10-11H,6-9H2,1-3H3,(H,17,21). The largest absolute Gasteiger partial charge is 0.326 e. The maximum atomic E-state index is 12.3. The van der Waals surface area contributed by atoms with Crippen LogP contribution in [0.1, 0.15) is 39.7 Å². The normalized spacial score (nSPS) is 17.7. The van der Waals surface area contributed by atoms with Crippen molar-refractivity contribution in [2.75, 3.05) is 13.1 Å². The summed E-state index contributed by atoms with van der Waals surface area (Å²) < 4.78 is 1.76. The zero-order chi connectivity index (χ0) is 16.8. The number of benzene rings is 1. The Morgan fingerprint density at radius 1 is 1.26 bits per heavy atom. The molecule has 0 bridgehead atoms. The molecule has 0 spiro atoms. The monoisotopic (exact) mass is 318 g/mol. The Bertz CT molecular complexity index is 792. The number of rotatable bonds is 2. The highest BCUT2D eigenvalue weighted by molar-refractivity contribution is 5.78. The molecule has 124 valence electrons. The molecule has 1 aromatic heterocycles. The second-order valence-corrected chi connectivity index (χ2v) is 7.15. The first-order valence-corrected chi connectivity index (χ1v) is 7.91. The van der Waals surface area contributed by atoms with Crippen LogP contribution < -0.4 is 5.69 Å². The van der Waals surface area contributed by atoms with Crippen LogP contribution in [0.4, 0.5) is 5.69 Å². The molecular formula is C16H22N4O3. The second-order valence-electron chi connectivity index (χ2n) is 7.15. The first-order valence-electron chi connectivity index (χ1n) is 7.91.